The number of hydrogen-bond acceptors (Lipinski definition) is 3. The molecule has 20 heavy (non-hydrogen) atoms. The van der Waals surface area contributed by atoms with Gasteiger partial charge < -0.3 is 5.32 Å². The second-order valence-electron chi connectivity index (χ2n) is 5.54. The molecule has 106 valence electrons. The molecule has 1 aromatic heterocycles. The Kier molecular flexibility index (Phi) is 4.28. The van der Waals surface area contributed by atoms with Gasteiger partial charge in [-0.25, -0.2) is 0 Å². The fraction of sp³-hybridized carbons (Fsp3) is 0.471. The zero-order chi connectivity index (χ0) is 13.8. The number of rotatable bonds is 5. The van der Waals surface area contributed by atoms with Gasteiger partial charge in [-0.2, -0.15) is 0 Å². The fourth-order valence-corrected chi connectivity index (χ4v) is 3.23. The van der Waals surface area contributed by atoms with Crippen molar-refractivity contribution >= 4 is 10.9 Å². The van der Waals surface area contributed by atoms with Crippen LogP contribution in [0.3, 0.4) is 0 Å². The van der Waals surface area contributed by atoms with E-state index in [-0.39, 0.29) is 0 Å². The van der Waals surface area contributed by atoms with E-state index < -0.39 is 0 Å². The van der Waals surface area contributed by atoms with Crippen LogP contribution in [0.1, 0.15) is 25.3 Å². The predicted molar refractivity (Wildman–Crippen MR) is 83.7 cm³/mol. The summed E-state index contributed by atoms with van der Waals surface area (Å²) < 4.78 is 0. The van der Waals surface area contributed by atoms with Crippen molar-refractivity contribution in [1.29, 1.82) is 0 Å². The molecule has 2 heterocycles. The van der Waals surface area contributed by atoms with Crippen molar-refractivity contribution in [2.45, 2.75) is 32.4 Å². The maximum Gasteiger partial charge on any atom is 0.0705 e. The number of aromatic nitrogens is 1. The van der Waals surface area contributed by atoms with Crippen molar-refractivity contribution in [3.8, 4) is 0 Å². The van der Waals surface area contributed by atoms with Gasteiger partial charge in [0, 0.05) is 30.7 Å². The fourth-order valence-electron chi connectivity index (χ4n) is 3.23. The van der Waals surface area contributed by atoms with Crippen LogP contribution in [0.15, 0.2) is 36.5 Å². The summed E-state index contributed by atoms with van der Waals surface area (Å²) in [4.78, 5) is 7.00. The van der Waals surface area contributed by atoms with E-state index in [9.17, 15) is 0 Å². The largest absolute Gasteiger partial charge is 0.311 e. The molecule has 0 amide bonds. The van der Waals surface area contributed by atoms with Crippen LogP contribution in [0, 0.1) is 0 Å². The summed E-state index contributed by atoms with van der Waals surface area (Å²) in [5.74, 6) is 0. The highest BCUT2D eigenvalue weighted by Gasteiger charge is 2.22. The molecule has 0 radical (unpaired) electrons. The van der Waals surface area contributed by atoms with E-state index in [0.717, 1.165) is 18.6 Å². The molecule has 1 aromatic carbocycles. The number of hydrogen-bond donors (Lipinski definition) is 1. The van der Waals surface area contributed by atoms with E-state index in [4.69, 9.17) is 0 Å². The summed E-state index contributed by atoms with van der Waals surface area (Å²) in [7, 11) is 0. The van der Waals surface area contributed by atoms with Crippen molar-refractivity contribution in [3.05, 3.63) is 42.1 Å². The molecule has 1 fully saturated rings. The average molecular weight is 269 g/mol. The number of pyridine rings is 1. The Balaban J connectivity index is 1.63. The highest BCUT2D eigenvalue weighted by Crippen LogP contribution is 2.17. The zero-order valence-corrected chi connectivity index (χ0v) is 12.2. The van der Waals surface area contributed by atoms with Crippen molar-refractivity contribution < 1.29 is 0 Å². The summed E-state index contributed by atoms with van der Waals surface area (Å²) in [5, 5.41) is 4.90. The van der Waals surface area contributed by atoms with Crippen molar-refractivity contribution in [3.63, 3.8) is 0 Å². The summed E-state index contributed by atoms with van der Waals surface area (Å²) >= 11 is 0. The van der Waals surface area contributed by atoms with Gasteiger partial charge in [0.2, 0.25) is 0 Å². The first-order chi connectivity index (χ1) is 9.88. The van der Waals surface area contributed by atoms with Crippen molar-refractivity contribution in [2.24, 2.45) is 0 Å². The van der Waals surface area contributed by atoms with E-state index in [1.54, 1.807) is 0 Å². The minimum absolute atomic E-state index is 0.716. The van der Waals surface area contributed by atoms with Crippen LogP contribution in [0.5, 0.6) is 0 Å². The number of para-hydroxylation sites is 1. The second kappa shape index (κ2) is 6.33. The van der Waals surface area contributed by atoms with Gasteiger partial charge in [-0.1, -0.05) is 25.1 Å². The Morgan fingerprint density at radius 2 is 2.20 bits per heavy atom. The molecule has 0 saturated carbocycles. The molecule has 0 spiro atoms. The lowest BCUT2D eigenvalue weighted by Crippen LogP contribution is -2.37. The molecule has 1 saturated heterocycles. The Hall–Kier alpha value is -1.45. The van der Waals surface area contributed by atoms with Crippen molar-refractivity contribution in [1.82, 2.24) is 15.2 Å². The molecular weight excluding hydrogens is 246 g/mol. The quantitative estimate of drug-likeness (QED) is 0.904. The maximum absolute atomic E-state index is 4.42. The normalized spacial score (nSPS) is 19.8. The van der Waals surface area contributed by atoms with E-state index in [1.807, 2.05) is 12.3 Å². The van der Waals surface area contributed by atoms with Gasteiger partial charge in [-0.3, -0.25) is 9.88 Å². The first-order valence-corrected chi connectivity index (χ1v) is 7.66. The Labute approximate surface area is 121 Å². The van der Waals surface area contributed by atoms with E-state index in [1.165, 1.54) is 36.9 Å². The van der Waals surface area contributed by atoms with Gasteiger partial charge in [-0.15, -0.1) is 0 Å². The standard InChI is InChI=1S/C17H23N3/c1-2-20-11-5-6-15(20)13-18-12-14-9-10-19-17-8-4-3-7-16(14)17/h3-4,7-10,15,18H,2,5-6,11-13H2,1H3. The molecule has 1 unspecified atom stereocenters. The number of fused-ring (bicyclic) bond motifs is 1. The Morgan fingerprint density at radius 3 is 3.10 bits per heavy atom. The number of likely N-dealkylation sites (N-methyl/N-ethyl adjacent to an activating group) is 1. The van der Waals surface area contributed by atoms with E-state index >= 15 is 0 Å². The molecule has 1 atom stereocenters. The lowest BCUT2D eigenvalue weighted by molar-refractivity contribution is 0.260. The van der Waals surface area contributed by atoms with Gasteiger partial charge >= 0.3 is 0 Å². The third kappa shape index (κ3) is 2.84. The van der Waals surface area contributed by atoms with Crippen LogP contribution in [-0.4, -0.2) is 35.6 Å². The molecular formula is C17H23N3. The van der Waals surface area contributed by atoms with E-state index in [2.05, 4.69) is 46.4 Å². The van der Waals surface area contributed by atoms with E-state index in [0.29, 0.717) is 6.04 Å². The first-order valence-electron chi connectivity index (χ1n) is 7.66. The third-order valence-electron chi connectivity index (χ3n) is 4.34. The smallest absolute Gasteiger partial charge is 0.0705 e. The maximum atomic E-state index is 4.42. The molecule has 1 N–H and O–H groups in total. The van der Waals surface area contributed by atoms with Crippen LogP contribution >= 0.6 is 0 Å². The number of nitrogens with one attached hydrogen (secondary N) is 1. The third-order valence-corrected chi connectivity index (χ3v) is 4.34. The van der Waals surface area contributed by atoms with Gasteiger partial charge in [0.05, 0.1) is 5.52 Å². The highest BCUT2D eigenvalue weighted by molar-refractivity contribution is 5.81. The molecule has 3 rings (SSSR count). The van der Waals surface area contributed by atoms with Gasteiger partial charge in [0.15, 0.2) is 0 Å². The average Bonchev–Trinajstić information content (AvgIpc) is 2.95. The summed E-state index contributed by atoms with van der Waals surface area (Å²) in [6.45, 7) is 6.71. The molecule has 1 aliphatic heterocycles. The number of likely N-dealkylation sites (tertiary alicyclic amines) is 1. The molecule has 3 nitrogen and oxygen atoms in total. The summed E-state index contributed by atoms with van der Waals surface area (Å²) in [6, 6.07) is 11.2. The van der Waals surface area contributed by atoms with Crippen LogP contribution in [0.4, 0.5) is 0 Å². The highest BCUT2D eigenvalue weighted by atomic mass is 15.2. The molecule has 3 heteroatoms. The van der Waals surface area contributed by atoms with Crippen LogP contribution in [0.25, 0.3) is 10.9 Å². The summed E-state index contributed by atoms with van der Waals surface area (Å²) in [6.07, 6.45) is 4.59. The molecule has 0 bridgehead atoms. The summed E-state index contributed by atoms with van der Waals surface area (Å²) in [5.41, 5.74) is 2.43. The SMILES string of the molecule is CCN1CCCC1CNCc1ccnc2ccccc12. The van der Waals surface area contributed by atoms with Crippen LogP contribution in [0.2, 0.25) is 0 Å². The Morgan fingerprint density at radius 1 is 1.30 bits per heavy atom. The Bertz CT molecular complexity index is 562. The molecule has 0 aliphatic carbocycles. The van der Waals surface area contributed by atoms with Crippen LogP contribution < -0.4 is 5.32 Å². The van der Waals surface area contributed by atoms with Crippen molar-refractivity contribution in [2.75, 3.05) is 19.6 Å². The number of nitrogens with zero attached hydrogens (tertiary/aromatic N) is 2. The monoisotopic (exact) mass is 269 g/mol. The number of benzene rings is 1. The minimum atomic E-state index is 0.716. The predicted octanol–water partition coefficient (Wildman–Crippen LogP) is 2.81. The minimum Gasteiger partial charge on any atom is -0.311 e. The van der Waals surface area contributed by atoms with Gasteiger partial charge in [-0.05, 0) is 43.6 Å². The van der Waals surface area contributed by atoms with Crippen LogP contribution in [-0.2, 0) is 6.54 Å². The topological polar surface area (TPSA) is 28.2 Å². The van der Waals surface area contributed by atoms with Gasteiger partial charge in [0.25, 0.3) is 0 Å². The second-order valence-corrected chi connectivity index (χ2v) is 5.54. The lowest BCUT2D eigenvalue weighted by atomic mass is 10.1. The zero-order valence-electron chi connectivity index (χ0n) is 12.2. The molecule has 2 aromatic rings. The lowest BCUT2D eigenvalue weighted by Gasteiger charge is -2.23. The first kappa shape index (κ1) is 13.5. The molecule has 1 aliphatic rings. The van der Waals surface area contributed by atoms with Gasteiger partial charge in [0.1, 0.15) is 0 Å².